The Morgan fingerprint density at radius 1 is 1.27 bits per heavy atom. The number of hydrogen-bond acceptors (Lipinski definition) is 4. The van der Waals surface area contributed by atoms with Crippen LogP contribution in [0, 0.1) is 18.8 Å². The summed E-state index contributed by atoms with van der Waals surface area (Å²) < 4.78 is 1.72. The summed E-state index contributed by atoms with van der Waals surface area (Å²) in [4.78, 5) is 30.8. The van der Waals surface area contributed by atoms with Crippen LogP contribution in [0.4, 0.5) is 0 Å². The van der Waals surface area contributed by atoms with E-state index in [1.807, 2.05) is 40.2 Å². The van der Waals surface area contributed by atoms with Gasteiger partial charge in [0, 0.05) is 44.0 Å². The van der Waals surface area contributed by atoms with E-state index in [0.29, 0.717) is 29.5 Å². The van der Waals surface area contributed by atoms with Gasteiger partial charge in [-0.15, -0.1) is 0 Å². The molecule has 0 radical (unpaired) electrons. The first kappa shape index (κ1) is 17.7. The molecule has 0 aliphatic carbocycles. The molecule has 6 heteroatoms. The lowest BCUT2D eigenvalue weighted by Gasteiger charge is -2.26. The van der Waals surface area contributed by atoms with E-state index in [1.165, 1.54) is 0 Å². The number of hydrogen-bond donors (Lipinski definition) is 1. The van der Waals surface area contributed by atoms with E-state index < -0.39 is 0 Å². The Bertz CT molecular complexity index is 754. The van der Waals surface area contributed by atoms with Gasteiger partial charge in [0.15, 0.2) is 0 Å². The van der Waals surface area contributed by atoms with Crippen LogP contribution < -0.4 is 10.9 Å². The van der Waals surface area contributed by atoms with Crippen molar-refractivity contribution in [3.8, 4) is 0 Å². The summed E-state index contributed by atoms with van der Waals surface area (Å²) in [6.07, 6.45) is 3.99. The van der Waals surface area contributed by atoms with Crippen LogP contribution in [-0.4, -0.2) is 66.1 Å². The highest BCUT2D eigenvalue weighted by molar-refractivity contribution is 5.96. The number of carbonyl (C=O) groups is 1. The second kappa shape index (κ2) is 6.50. The number of rotatable bonds is 4. The predicted molar refractivity (Wildman–Crippen MR) is 102 cm³/mol. The lowest BCUT2D eigenvalue weighted by molar-refractivity contribution is 0.0706. The highest BCUT2D eigenvalue weighted by Crippen LogP contribution is 2.47. The van der Waals surface area contributed by atoms with Gasteiger partial charge in [0.1, 0.15) is 5.56 Å². The van der Waals surface area contributed by atoms with Crippen molar-refractivity contribution in [3.63, 3.8) is 0 Å². The maximum Gasteiger partial charge on any atom is 0.263 e. The highest BCUT2D eigenvalue weighted by Gasteiger charge is 2.56. The molecule has 26 heavy (non-hydrogen) atoms. The van der Waals surface area contributed by atoms with Crippen LogP contribution in [0.3, 0.4) is 0 Å². The van der Waals surface area contributed by atoms with Gasteiger partial charge in [-0.3, -0.25) is 9.59 Å². The standard InChI is InChI=1S/C20H30N4O2/c1-12-7-8-23(13(2)11-22(3)4)19(25)18(12)20(26)24-16-5-6-17(24)15-10-21-9-14(15)16/h7-8,13-17,21H,5-6,9-11H2,1-4H3/t13?,14-,15+,16-,17+. The second-order valence-corrected chi connectivity index (χ2v) is 8.61. The van der Waals surface area contributed by atoms with Crippen molar-refractivity contribution in [3.05, 3.63) is 33.7 Å². The number of pyridine rings is 1. The molecular formula is C20H30N4O2. The lowest BCUT2D eigenvalue weighted by atomic mass is 9.82. The Hall–Kier alpha value is -1.66. The lowest BCUT2D eigenvalue weighted by Crippen LogP contribution is -2.43. The van der Waals surface area contributed by atoms with E-state index >= 15 is 0 Å². The first-order valence-electron chi connectivity index (χ1n) is 9.80. The van der Waals surface area contributed by atoms with Crippen molar-refractivity contribution < 1.29 is 4.79 Å². The average Bonchev–Trinajstić information content (AvgIpc) is 3.26. The fourth-order valence-electron chi connectivity index (χ4n) is 5.56. The fraction of sp³-hybridized carbons (Fsp3) is 0.700. The number of carbonyl (C=O) groups excluding carboxylic acids is 1. The van der Waals surface area contributed by atoms with E-state index in [0.717, 1.165) is 38.0 Å². The molecule has 1 amide bonds. The van der Waals surface area contributed by atoms with Gasteiger partial charge in [0.05, 0.1) is 0 Å². The molecule has 6 nitrogen and oxygen atoms in total. The Kier molecular flexibility index (Phi) is 4.43. The Balaban J connectivity index is 1.68. The molecule has 3 fully saturated rings. The molecule has 1 unspecified atom stereocenters. The van der Waals surface area contributed by atoms with Crippen LogP contribution in [0.25, 0.3) is 0 Å². The minimum atomic E-state index is -0.140. The molecule has 1 aromatic heterocycles. The topological polar surface area (TPSA) is 57.6 Å². The van der Waals surface area contributed by atoms with Crippen LogP contribution in [0.2, 0.25) is 0 Å². The van der Waals surface area contributed by atoms with Crippen LogP contribution in [-0.2, 0) is 0 Å². The van der Waals surface area contributed by atoms with Crippen molar-refractivity contribution in [1.82, 2.24) is 19.7 Å². The van der Waals surface area contributed by atoms with Gasteiger partial charge in [-0.2, -0.15) is 0 Å². The van der Waals surface area contributed by atoms with E-state index in [4.69, 9.17) is 0 Å². The number of nitrogens with one attached hydrogen (secondary N) is 1. The number of amides is 1. The summed E-state index contributed by atoms with van der Waals surface area (Å²) in [7, 11) is 3.99. The van der Waals surface area contributed by atoms with Gasteiger partial charge in [0.2, 0.25) is 0 Å². The SMILES string of the molecule is Cc1ccn(C(C)CN(C)C)c(=O)c1C(=O)N1[C@@H]2CC[C@H]1[C@H]1CNC[C@H]12. The predicted octanol–water partition coefficient (Wildman–Crippen LogP) is 1.10. The van der Waals surface area contributed by atoms with Gasteiger partial charge in [-0.1, -0.05) is 0 Å². The molecule has 3 saturated heterocycles. The molecule has 1 N–H and O–H groups in total. The molecular weight excluding hydrogens is 328 g/mol. The van der Waals surface area contributed by atoms with E-state index in [9.17, 15) is 9.59 Å². The van der Waals surface area contributed by atoms with Gasteiger partial charge < -0.3 is 19.7 Å². The number of fused-ring (bicyclic) bond motifs is 5. The molecule has 0 aromatic carbocycles. The minimum Gasteiger partial charge on any atom is -0.332 e. The third-order valence-corrected chi connectivity index (χ3v) is 6.65. The Morgan fingerprint density at radius 2 is 1.88 bits per heavy atom. The fourth-order valence-corrected chi connectivity index (χ4v) is 5.56. The average molecular weight is 358 g/mol. The smallest absolute Gasteiger partial charge is 0.263 e. The summed E-state index contributed by atoms with van der Waals surface area (Å²) in [5, 5.41) is 3.48. The molecule has 3 aliphatic heterocycles. The summed E-state index contributed by atoms with van der Waals surface area (Å²) in [6, 6.07) is 2.56. The van der Waals surface area contributed by atoms with Crippen molar-refractivity contribution in [2.24, 2.45) is 11.8 Å². The molecule has 3 aliphatic rings. The van der Waals surface area contributed by atoms with Crippen molar-refractivity contribution in [2.75, 3.05) is 33.7 Å². The van der Waals surface area contributed by atoms with E-state index in [2.05, 4.69) is 15.1 Å². The van der Waals surface area contributed by atoms with Crippen molar-refractivity contribution in [1.29, 1.82) is 0 Å². The van der Waals surface area contributed by atoms with Gasteiger partial charge >= 0.3 is 0 Å². The minimum absolute atomic E-state index is 0.0310. The monoisotopic (exact) mass is 358 g/mol. The normalized spacial score (nSPS) is 30.9. The number of aryl methyl sites for hydroxylation is 1. The number of likely N-dealkylation sites (N-methyl/N-ethyl adjacent to an activating group) is 1. The Morgan fingerprint density at radius 3 is 2.46 bits per heavy atom. The Labute approximate surface area is 155 Å². The summed E-state index contributed by atoms with van der Waals surface area (Å²) in [6.45, 7) is 6.69. The molecule has 142 valence electrons. The largest absolute Gasteiger partial charge is 0.332 e. The third kappa shape index (κ3) is 2.62. The van der Waals surface area contributed by atoms with Gasteiger partial charge in [-0.05, 0) is 64.3 Å². The molecule has 2 bridgehead atoms. The highest BCUT2D eigenvalue weighted by atomic mass is 16.2. The third-order valence-electron chi connectivity index (χ3n) is 6.65. The van der Waals surface area contributed by atoms with Crippen LogP contribution >= 0.6 is 0 Å². The van der Waals surface area contributed by atoms with Crippen LogP contribution in [0.15, 0.2) is 17.1 Å². The molecule has 5 atom stereocenters. The quantitative estimate of drug-likeness (QED) is 0.876. The molecule has 0 saturated carbocycles. The van der Waals surface area contributed by atoms with Crippen molar-refractivity contribution in [2.45, 2.75) is 44.8 Å². The van der Waals surface area contributed by atoms with Crippen LogP contribution in [0.1, 0.15) is 41.7 Å². The van der Waals surface area contributed by atoms with Gasteiger partial charge in [0.25, 0.3) is 11.5 Å². The molecule has 1 aromatic rings. The van der Waals surface area contributed by atoms with E-state index in [-0.39, 0.29) is 17.5 Å². The molecule has 4 rings (SSSR count). The van der Waals surface area contributed by atoms with Gasteiger partial charge in [-0.25, -0.2) is 0 Å². The molecule has 4 heterocycles. The first-order chi connectivity index (χ1) is 12.4. The number of aromatic nitrogens is 1. The zero-order chi connectivity index (χ0) is 18.6. The number of nitrogens with zero attached hydrogens (tertiary/aromatic N) is 3. The zero-order valence-electron chi connectivity index (χ0n) is 16.2. The second-order valence-electron chi connectivity index (χ2n) is 8.61. The maximum absolute atomic E-state index is 13.5. The summed E-state index contributed by atoms with van der Waals surface area (Å²) in [5.41, 5.74) is 1.03. The van der Waals surface area contributed by atoms with E-state index in [1.54, 1.807) is 4.57 Å². The molecule has 0 spiro atoms. The summed E-state index contributed by atoms with van der Waals surface area (Å²) in [5.74, 6) is 1.09. The van der Waals surface area contributed by atoms with Crippen LogP contribution in [0.5, 0.6) is 0 Å². The first-order valence-corrected chi connectivity index (χ1v) is 9.80. The zero-order valence-corrected chi connectivity index (χ0v) is 16.2. The maximum atomic E-state index is 13.5. The van der Waals surface area contributed by atoms with Crippen molar-refractivity contribution >= 4 is 5.91 Å². The summed E-state index contributed by atoms with van der Waals surface area (Å²) >= 11 is 0.